The molecule has 2 aromatic rings. The lowest BCUT2D eigenvalue weighted by Gasteiger charge is -2.30. The van der Waals surface area contributed by atoms with Crippen molar-refractivity contribution in [2.24, 2.45) is 0 Å². The molecule has 20 heavy (non-hydrogen) atoms. The topological polar surface area (TPSA) is 9.23 Å². The highest BCUT2D eigenvalue weighted by Gasteiger charge is 2.47. The molecule has 2 aromatic carbocycles. The Morgan fingerprint density at radius 1 is 0.900 bits per heavy atom. The summed E-state index contributed by atoms with van der Waals surface area (Å²) in [5.74, 6) is 0. The van der Waals surface area contributed by atoms with Gasteiger partial charge in [-0.15, -0.1) is 0 Å². The maximum absolute atomic E-state index is 6.21. The Hall–Kier alpha value is -1.60. The largest absolute Gasteiger partial charge is 0.374 e. The fourth-order valence-electron chi connectivity index (χ4n) is 3.32. The van der Waals surface area contributed by atoms with Gasteiger partial charge in [0.15, 0.2) is 0 Å². The first-order valence-electron chi connectivity index (χ1n) is 7.44. The number of benzene rings is 2. The van der Waals surface area contributed by atoms with Gasteiger partial charge < -0.3 is 4.74 Å². The Morgan fingerprint density at radius 2 is 1.40 bits per heavy atom. The molecule has 0 aromatic heterocycles. The second-order valence-corrected chi connectivity index (χ2v) is 6.08. The first kappa shape index (κ1) is 13.4. The van der Waals surface area contributed by atoms with Crippen molar-refractivity contribution >= 4 is 0 Å². The van der Waals surface area contributed by atoms with Crippen LogP contribution < -0.4 is 0 Å². The Morgan fingerprint density at radius 3 is 1.80 bits per heavy atom. The Labute approximate surface area is 121 Å². The number of hydrogen-bond acceptors (Lipinski definition) is 1. The third kappa shape index (κ3) is 2.16. The fraction of sp³-hybridized carbons (Fsp3) is 0.368. The van der Waals surface area contributed by atoms with E-state index in [0.717, 1.165) is 19.4 Å². The van der Waals surface area contributed by atoms with Gasteiger partial charge in [0.05, 0.1) is 12.2 Å². The van der Waals surface area contributed by atoms with Crippen LogP contribution in [0.25, 0.3) is 0 Å². The zero-order valence-electron chi connectivity index (χ0n) is 12.3. The lowest BCUT2D eigenvalue weighted by atomic mass is 9.70. The molecule has 0 saturated carbocycles. The van der Waals surface area contributed by atoms with Crippen molar-refractivity contribution in [2.75, 3.05) is 6.61 Å². The van der Waals surface area contributed by atoms with Crippen molar-refractivity contribution in [1.29, 1.82) is 0 Å². The monoisotopic (exact) mass is 266 g/mol. The van der Waals surface area contributed by atoms with Gasteiger partial charge in [-0.25, -0.2) is 0 Å². The average Bonchev–Trinajstić information content (AvgIpc) is 2.89. The van der Waals surface area contributed by atoms with E-state index in [4.69, 9.17) is 4.74 Å². The van der Waals surface area contributed by atoms with Crippen molar-refractivity contribution in [2.45, 2.75) is 37.7 Å². The second-order valence-electron chi connectivity index (χ2n) is 6.08. The molecule has 104 valence electrons. The minimum atomic E-state index is -0.0221. The molecule has 1 unspecified atom stereocenters. The molecule has 0 N–H and O–H groups in total. The molecule has 1 heteroatoms. The van der Waals surface area contributed by atoms with E-state index >= 15 is 0 Å². The number of hydrogen-bond donors (Lipinski definition) is 0. The van der Waals surface area contributed by atoms with E-state index in [1.807, 2.05) is 0 Å². The molecule has 0 radical (unpaired) electrons. The Bertz CT molecular complexity index is 521. The van der Waals surface area contributed by atoms with Gasteiger partial charge in [-0.3, -0.25) is 0 Å². The summed E-state index contributed by atoms with van der Waals surface area (Å²) >= 11 is 0. The van der Waals surface area contributed by atoms with Gasteiger partial charge in [-0.2, -0.15) is 0 Å². The molecule has 3 rings (SSSR count). The lowest BCUT2D eigenvalue weighted by Crippen LogP contribution is -2.30. The van der Waals surface area contributed by atoms with Gasteiger partial charge in [0.1, 0.15) is 0 Å². The van der Waals surface area contributed by atoms with E-state index in [2.05, 4.69) is 74.5 Å². The molecule has 0 spiro atoms. The molecular formula is C19H22O. The van der Waals surface area contributed by atoms with Crippen molar-refractivity contribution in [3.05, 3.63) is 71.8 Å². The predicted molar refractivity (Wildman–Crippen MR) is 82.9 cm³/mol. The lowest BCUT2D eigenvalue weighted by molar-refractivity contribution is 0.0160. The summed E-state index contributed by atoms with van der Waals surface area (Å²) in [4.78, 5) is 0. The Balaban J connectivity index is 2.11. The van der Waals surface area contributed by atoms with Crippen molar-refractivity contribution in [1.82, 2.24) is 0 Å². The third-order valence-corrected chi connectivity index (χ3v) is 4.74. The normalized spacial score (nSPS) is 24.7. The first-order valence-corrected chi connectivity index (χ1v) is 7.44. The predicted octanol–water partition coefficient (Wildman–Crippen LogP) is 4.56. The smallest absolute Gasteiger partial charge is 0.0665 e. The summed E-state index contributed by atoms with van der Waals surface area (Å²) in [5, 5.41) is 0. The molecule has 0 bridgehead atoms. The molecule has 1 heterocycles. The first-order chi connectivity index (χ1) is 9.69. The standard InChI is InChI=1S/C19H22O/c1-3-18(2)14-19(15-20-18,16-10-6-4-7-11-16)17-12-8-5-9-13-17/h4-13H,3,14-15H2,1-2H3. The highest BCUT2D eigenvalue weighted by molar-refractivity contribution is 5.41. The summed E-state index contributed by atoms with van der Waals surface area (Å²) in [6.07, 6.45) is 2.10. The van der Waals surface area contributed by atoms with Gasteiger partial charge in [0.2, 0.25) is 0 Å². The van der Waals surface area contributed by atoms with Crippen LogP contribution >= 0.6 is 0 Å². The minimum absolute atomic E-state index is 0.00667. The van der Waals surface area contributed by atoms with Crippen LogP contribution in [0.5, 0.6) is 0 Å². The average molecular weight is 266 g/mol. The van der Waals surface area contributed by atoms with Gasteiger partial charge in [0, 0.05) is 5.41 Å². The minimum Gasteiger partial charge on any atom is -0.374 e. The SMILES string of the molecule is CCC1(C)CC(c2ccccc2)(c2ccccc2)CO1. The zero-order valence-corrected chi connectivity index (χ0v) is 12.3. The van der Waals surface area contributed by atoms with Crippen LogP contribution in [0.3, 0.4) is 0 Å². The van der Waals surface area contributed by atoms with Crippen LogP contribution in [0.4, 0.5) is 0 Å². The molecule has 1 fully saturated rings. The fourth-order valence-corrected chi connectivity index (χ4v) is 3.32. The summed E-state index contributed by atoms with van der Waals surface area (Å²) < 4.78 is 6.21. The van der Waals surface area contributed by atoms with E-state index in [-0.39, 0.29) is 11.0 Å². The molecule has 1 nitrogen and oxygen atoms in total. The van der Waals surface area contributed by atoms with Gasteiger partial charge in [-0.05, 0) is 30.9 Å². The molecule has 1 atom stereocenters. The van der Waals surface area contributed by atoms with Crippen LogP contribution in [-0.4, -0.2) is 12.2 Å². The van der Waals surface area contributed by atoms with Crippen LogP contribution in [0.1, 0.15) is 37.8 Å². The van der Waals surface area contributed by atoms with Gasteiger partial charge in [-0.1, -0.05) is 67.6 Å². The molecule has 1 saturated heterocycles. The molecule has 0 aliphatic carbocycles. The maximum atomic E-state index is 6.21. The Kier molecular flexibility index (Phi) is 3.39. The molecular weight excluding hydrogens is 244 g/mol. The second kappa shape index (κ2) is 5.06. The van der Waals surface area contributed by atoms with Crippen molar-refractivity contribution in [3.8, 4) is 0 Å². The highest BCUT2D eigenvalue weighted by atomic mass is 16.5. The molecule has 1 aliphatic rings. The number of ether oxygens (including phenoxy) is 1. The maximum Gasteiger partial charge on any atom is 0.0665 e. The van der Waals surface area contributed by atoms with Gasteiger partial charge >= 0.3 is 0 Å². The molecule has 1 aliphatic heterocycles. The van der Waals surface area contributed by atoms with E-state index in [1.165, 1.54) is 11.1 Å². The van der Waals surface area contributed by atoms with E-state index in [0.29, 0.717) is 0 Å². The highest BCUT2D eigenvalue weighted by Crippen LogP contribution is 2.47. The van der Waals surface area contributed by atoms with E-state index in [9.17, 15) is 0 Å². The zero-order chi connectivity index (χ0) is 14.1. The van der Waals surface area contributed by atoms with Crippen molar-refractivity contribution in [3.63, 3.8) is 0 Å². The van der Waals surface area contributed by atoms with Crippen LogP contribution in [-0.2, 0) is 10.2 Å². The quantitative estimate of drug-likeness (QED) is 0.791. The summed E-state index contributed by atoms with van der Waals surface area (Å²) in [7, 11) is 0. The van der Waals surface area contributed by atoms with Gasteiger partial charge in [0.25, 0.3) is 0 Å². The molecule has 0 amide bonds. The summed E-state index contributed by atoms with van der Waals surface area (Å²) in [6.45, 7) is 5.22. The van der Waals surface area contributed by atoms with Crippen LogP contribution in [0, 0.1) is 0 Å². The van der Waals surface area contributed by atoms with Crippen LogP contribution in [0.15, 0.2) is 60.7 Å². The van der Waals surface area contributed by atoms with E-state index < -0.39 is 0 Å². The summed E-state index contributed by atoms with van der Waals surface area (Å²) in [6, 6.07) is 21.6. The van der Waals surface area contributed by atoms with Crippen molar-refractivity contribution < 1.29 is 4.74 Å². The number of rotatable bonds is 3. The van der Waals surface area contributed by atoms with Crippen LogP contribution in [0.2, 0.25) is 0 Å². The summed E-state index contributed by atoms with van der Waals surface area (Å²) in [5.41, 5.74) is 2.70. The van der Waals surface area contributed by atoms with E-state index in [1.54, 1.807) is 0 Å². The third-order valence-electron chi connectivity index (χ3n) is 4.74.